The number of anilines is 1. The fourth-order valence-electron chi connectivity index (χ4n) is 3.57. The van der Waals surface area contributed by atoms with E-state index in [0.717, 1.165) is 34.4 Å². The minimum atomic E-state index is -3.40. The second-order valence-corrected chi connectivity index (χ2v) is 11.0. The van der Waals surface area contributed by atoms with Crippen LogP contribution >= 0.6 is 11.3 Å². The molecule has 3 rings (SSSR count). The molecule has 32 heavy (non-hydrogen) atoms. The Hall–Kier alpha value is -2.29. The number of aryl methyl sites for hydroxylation is 2. The van der Waals surface area contributed by atoms with Crippen LogP contribution in [0, 0.1) is 13.8 Å². The Bertz CT molecular complexity index is 1180. The Morgan fingerprint density at radius 2 is 1.69 bits per heavy atom. The fraction of sp³-hybridized carbons (Fsp3) is 0.417. The molecule has 0 aliphatic heterocycles. The van der Waals surface area contributed by atoms with Crippen molar-refractivity contribution in [3.05, 3.63) is 53.1 Å². The Balaban J connectivity index is 2.05. The number of carbonyl (C=O) groups is 1. The maximum Gasteiger partial charge on any atom is 0.260 e. The summed E-state index contributed by atoms with van der Waals surface area (Å²) in [6.45, 7) is 12.8. The monoisotopic (exact) mass is 473 g/mol. The van der Waals surface area contributed by atoms with Crippen molar-refractivity contribution in [1.82, 2.24) is 9.88 Å². The van der Waals surface area contributed by atoms with Gasteiger partial charge in [-0.25, -0.2) is 13.4 Å². The quantitative estimate of drug-likeness (QED) is 0.451. The summed E-state index contributed by atoms with van der Waals surface area (Å²) in [7, 11) is -3.40. The van der Waals surface area contributed by atoms with Gasteiger partial charge in [0.15, 0.2) is 15.0 Å². The Labute approximate surface area is 194 Å². The highest BCUT2D eigenvalue weighted by Crippen LogP contribution is 2.33. The van der Waals surface area contributed by atoms with Crippen LogP contribution in [0.2, 0.25) is 0 Å². The molecule has 0 radical (unpaired) electrons. The maximum absolute atomic E-state index is 13.6. The summed E-state index contributed by atoms with van der Waals surface area (Å²) in [5, 5.41) is 0.637. The van der Waals surface area contributed by atoms with E-state index in [-0.39, 0.29) is 16.6 Å². The summed E-state index contributed by atoms with van der Waals surface area (Å²) in [6, 6.07) is 10.4. The maximum atomic E-state index is 13.6. The molecule has 0 aliphatic rings. The van der Waals surface area contributed by atoms with Crippen molar-refractivity contribution in [3.8, 4) is 0 Å². The number of carbonyl (C=O) groups excluding carboxylic acids is 1. The van der Waals surface area contributed by atoms with E-state index in [0.29, 0.717) is 23.8 Å². The molecular weight excluding hydrogens is 442 g/mol. The van der Waals surface area contributed by atoms with E-state index in [1.165, 1.54) is 17.4 Å². The van der Waals surface area contributed by atoms with Crippen LogP contribution in [0.5, 0.6) is 0 Å². The van der Waals surface area contributed by atoms with Crippen LogP contribution in [-0.4, -0.2) is 56.1 Å². The lowest BCUT2D eigenvalue weighted by molar-refractivity contribution is 0.0983. The van der Waals surface area contributed by atoms with Crippen molar-refractivity contribution >= 4 is 42.4 Å². The molecule has 6 nitrogen and oxygen atoms in total. The highest BCUT2D eigenvalue weighted by molar-refractivity contribution is 7.91. The lowest BCUT2D eigenvalue weighted by Gasteiger charge is -2.25. The zero-order chi connectivity index (χ0) is 23.5. The number of nitrogens with zero attached hydrogens (tertiary/aromatic N) is 3. The second-order valence-electron chi connectivity index (χ2n) is 7.79. The van der Waals surface area contributed by atoms with Gasteiger partial charge in [-0.2, -0.15) is 0 Å². The van der Waals surface area contributed by atoms with Crippen LogP contribution < -0.4 is 4.90 Å². The van der Waals surface area contributed by atoms with Gasteiger partial charge in [-0.15, -0.1) is 0 Å². The topological polar surface area (TPSA) is 70.6 Å². The van der Waals surface area contributed by atoms with E-state index < -0.39 is 9.84 Å². The zero-order valence-electron chi connectivity index (χ0n) is 19.4. The number of rotatable bonds is 9. The predicted octanol–water partition coefficient (Wildman–Crippen LogP) is 4.70. The molecule has 0 saturated carbocycles. The molecule has 0 atom stereocenters. The molecule has 3 aromatic rings. The average molecular weight is 474 g/mol. The summed E-state index contributed by atoms with van der Waals surface area (Å²) in [5.74, 6) is -0.244. The van der Waals surface area contributed by atoms with Crippen LogP contribution in [-0.2, 0) is 9.84 Å². The van der Waals surface area contributed by atoms with Gasteiger partial charge in [0.1, 0.15) is 0 Å². The van der Waals surface area contributed by atoms with Crippen LogP contribution in [0.15, 0.2) is 41.3 Å². The van der Waals surface area contributed by atoms with Gasteiger partial charge in [0.2, 0.25) is 0 Å². The van der Waals surface area contributed by atoms with Crippen molar-refractivity contribution in [3.63, 3.8) is 0 Å². The fourth-order valence-corrected chi connectivity index (χ4v) is 5.64. The van der Waals surface area contributed by atoms with Crippen molar-refractivity contribution in [1.29, 1.82) is 0 Å². The number of aromatic nitrogens is 1. The van der Waals surface area contributed by atoms with Crippen LogP contribution in [0.4, 0.5) is 5.13 Å². The summed E-state index contributed by atoms with van der Waals surface area (Å²) >= 11 is 1.51. The lowest BCUT2D eigenvalue weighted by Crippen LogP contribution is -2.39. The van der Waals surface area contributed by atoms with Gasteiger partial charge >= 0.3 is 0 Å². The highest BCUT2D eigenvalue weighted by Gasteiger charge is 2.24. The van der Waals surface area contributed by atoms with Crippen molar-refractivity contribution in [2.24, 2.45) is 0 Å². The largest absolute Gasteiger partial charge is 0.302 e. The Kier molecular flexibility index (Phi) is 7.69. The number of amides is 1. The number of thiazole rings is 1. The number of hydrogen-bond acceptors (Lipinski definition) is 6. The molecule has 2 aromatic carbocycles. The summed E-state index contributed by atoms with van der Waals surface area (Å²) in [5.41, 5.74) is 3.46. The summed E-state index contributed by atoms with van der Waals surface area (Å²) < 4.78 is 25.8. The molecule has 0 fully saturated rings. The third kappa shape index (κ3) is 5.03. The Morgan fingerprint density at radius 1 is 1.00 bits per heavy atom. The molecule has 172 valence electrons. The average Bonchev–Trinajstić information content (AvgIpc) is 3.25. The molecule has 0 aliphatic carbocycles. The molecule has 8 heteroatoms. The summed E-state index contributed by atoms with van der Waals surface area (Å²) in [4.78, 5) is 22.6. The lowest BCUT2D eigenvalue weighted by atomic mass is 10.1. The minimum absolute atomic E-state index is 0.00720. The molecule has 0 unspecified atom stereocenters. The molecule has 0 spiro atoms. The second kappa shape index (κ2) is 10.1. The van der Waals surface area contributed by atoms with E-state index >= 15 is 0 Å². The van der Waals surface area contributed by atoms with E-state index in [4.69, 9.17) is 4.98 Å². The van der Waals surface area contributed by atoms with Crippen LogP contribution in [0.3, 0.4) is 0 Å². The van der Waals surface area contributed by atoms with Crippen LogP contribution in [0.25, 0.3) is 10.2 Å². The third-order valence-electron chi connectivity index (χ3n) is 5.76. The first kappa shape index (κ1) is 24.4. The summed E-state index contributed by atoms with van der Waals surface area (Å²) in [6.07, 6.45) is 0. The smallest absolute Gasteiger partial charge is 0.260 e. The van der Waals surface area contributed by atoms with E-state index in [2.05, 4.69) is 24.8 Å². The van der Waals surface area contributed by atoms with Gasteiger partial charge in [-0.3, -0.25) is 9.69 Å². The molecule has 1 amide bonds. The van der Waals surface area contributed by atoms with Gasteiger partial charge in [-0.1, -0.05) is 50.3 Å². The van der Waals surface area contributed by atoms with Gasteiger partial charge in [0.25, 0.3) is 5.91 Å². The normalized spacial score (nSPS) is 11.9. The van der Waals surface area contributed by atoms with Gasteiger partial charge in [0.05, 0.1) is 20.9 Å². The molecule has 0 saturated heterocycles. The first-order chi connectivity index (χ1) is 15.2. The van der Waals surface area contributed by atoms with Crippen molar-refractivity contribution in [2.45, 2.75) is 39.5 Å². The molecule has 0 bridgehead atoms. The zero-order valence-corrected chi connectivity index (χ0v) is 21.0. The number of likely N-dealkylation sites (N-methyl/N-ethyl adjacent to an activating group) is 1. The van der Waals surface area contributed by atoms with Gasteiger partial charge < -0.3 is 4.90 Å². The van der Waals surface area contributed by atoms with Gasteiger partial charge in [-0.05, 0) is 56.3 Å². The van der Waals surface area contributed by atoms with Crippen LogP contribution in [0.1, 0.15) is 42.3 Å². The SMILES string of the molecule is CCN(CC)CCN(C(=O)c1cccc(S(=O)(=O)CC)c1)c1nc2c(C)ccc(C)c2s1. The third-order valence-corrected chi connectivity index (χ3v) is 8.71. The first-order valence-electron chi connectivity index (χ1n) is 11.0. The Morgan fingerprint density at radius 3 is 2.31 bits per heavy atom. The number of benzene rings is 2. The molecule has 1 aromatic heterocycles. The number of fused-ring (bicyclic) bond motifs is 1. The van der Waals surface area contributed by atoms with E-state index in [1.807, 2.05) is 19.9 Å². The first-order valence-corrected chi connectivity index (χ1v) is 13.4. The number of hydrogen-bond donors (Lipinski definition) is 0. The minimum Gasteiger partial charge on any atom is -0.302 e. The van der Waals surface area contributed by atoms with Crippen molar-refractivity contribution < 1.29 is 13.2 Å². The predicted molar refractivity (Wildman–Crippen MR) is 133 cm³/mol. The molecular formula is C24H31N3O3S2. The van der Waals surface area contributed by atoms with Gasteiger partial charge in [0, 0.05) is 18.7 Å². The standard InChI is InChI=1S/C24H31N3O3S2/c1-6-26(7-2)14-15-27(24-25-21-17(4)12-13-18(5)22(21)31-24)23(28)19-10-9-11-20(16-19)32(29,30)8-3/h9-13,16H,6-8,14-15H2,1-5H3. The van der Waals surface area contributed by atoms with E-state index in [9.17, 15) is 13.2 Å². The number of sulfone groups is 1. The molecule has 0 N–H and O–H groups in total. The van der Waals surface area contributed by atoms with Crippen molar-refractivity contribution in [2.75, 3.05) is 36.8 Å². The highest BCUT2D eigenvalue weighted by atomic mass is 32.2. The molecule has 1 heterocycles. The van der Waals surface area contributed by atoms with E-state index in [1.54, 1.807) is 30.0 Å².